The fraction of sp³-hybridized carbons (Fsp3) is 0.800. The molecule has 0 rings (SSSR count). The summed E-state index contributed by atoms with van der Waals surface area (Å²) >= 11 is 3.13. The zero-order valence-corrected chi connectivity index (χ0v) is 7.14. The van der Waals surface area contributed by atoms with Crippen molar-refractivity contribution >= 4 is 22.0 Å². The summed E-state index contributed by atoms with van der Waals surface area (Å²) in [4.78, 5) is 12.0. The van der Waals surface area contributed by atoms with Crippen molar-refractivity contribution in [2.75, 3.05) is 26.0 Å². The van der Waals surface area contributed by atoms with Gasteiger partial charge in [0.25, 0.3) is 0 Å². The second kappa shape index (κ2) is 4.61. The number of hydrogen-bond acceptors (Lipinski definition) is 2. The van der Waals surface area contributed by atoms with Crippen LogP contribution in [0, 0.1) is 0 Å². The first kappa shape index (κ1) is 8.75. The highest BCUT2D eigenvalue weighted by Gasteiger charge is 2.01. The monoisotopic (exact) mass is 195 g/mol. The summed E-state index contributed by atoms with van der Waals surface area (Å²) in [5.74, 6) is 0. The van der Waals surface area contributed by atoms with Gasteiger partial charge in [-0.05, 0) is 0 Å². The second-order valence-electron chi connectivity index (χ2n) is 1.70. The molecule has 1 amide bonds. The van der Waals surface area contributed by atoms with E-state index in [0.717, 1.165) is 0 Å². The molecule has 0 aromatic heterocycles. The lowest BCUT2D eigenvalue weighted by Gasteiger charge is -2.08. The SMILES string of the molecule is CN(C)C(=O)OCCBr. The van der Waals surface area contributed by atoms with Crippen molar-refractivity contribution in [3.05, 3.63) is 0 Å². The third-order valence-corrected chi connectivity index (χ3v) is 0.992. The maximum absolute atomic E-state index is 10.6. The van der Waals surface area contributed by atoms with Crippen molar-refractivity contribution in [3.8, 4) is 0 Å². The average molecular weight is 196 g/mol. The van der Waals surface area contributed by atoms with Crippen LogP contribution >= 0.6 is 15.9 Å². The highest BCUT2D eigenvalue weighted by atomic mass is 79.9. The molecule has 0 atom stereocenters. The summed E-state index contributed by atoms with van der Waals surface area (Å²) in [6.45, 7) is 0.428. The Kier molecular flexibility index (Phi) is 4.48. The van der Waals surface area contributed by atoms with Gasteiger partial charge in [0.15, 0.2) is 0 Å². The number of carbonyl (C=O) groups is 1. The Bertz CT molecular complexity index is 95.0. The molecule has 0 aliphatic carbocycles. The van der Waals surface area contributed by atoms with Gasteiger partial charge >= 0.3 is 6.09 Å². The van der Waals surface area contributed by atoms with Crippen LogP contribution in [0.15, 0.2) is 0 Å². The molecule has 0 aromatic carbocycles. The summed E-state index contributed by atoms with van der Waals surface area (Å²) in [6.07, 6.45) is -0.297. The van der Waals surface area contributed by atoms with Crippen LogP contribution in [0.3, 0.4) is 0 Å². The van der Waals surface area contributed by atoms with Crippen molar-refractivity contribution in [2.24, 2.45) is 0 Å². The van der Waals surface area contributed by atoms with E-state index in [0.29, 0.717) is 11.9 Å². The maximum Gasteiger partial charge on any atom is 0.409 e. The minimum absolute atomic E-state index is 0.297. The Morgan fingerprint density at radius 2 is 2.22 bits per heavy atom. The molecule has 4 heteroatoms. The van der Waals surface area contributed by atoms with E-state index in [4.69, 9.17) is 4.74 Å². The van der Waals surface area contributed by atoms with Gasteiger partial charge in [0.1, 0.15) is 6.61 Å². The van der Waals surface area contributed by atoms with Crippen molar-refractivity contribution in [2.45, 2.75) is 0 Å². The van der Waals surface area contributed by atoms with Crippen LogP contribution in [-0.4, -0.2) is 37.0 Å². The lowest BCUT2D eigenvalue weighted by atomic mass is 10.8. The molecular weight excluding hydrogens is 186 g/mol. The summed E-state index contributed by atoms with van der Waals surface area (Å²) < 4.78 is 4.69. The Morgan fingerprint density at radius 3 is 2.56 bits per heavy atom. The molecule has 0 radical (unpaired) electrons. The van der Waals surface area contributed by atoms with Crippen molar-refractivity contribution in [3.63, 3.8) is 0 Å². The highest BCUT2D eigenvalue weighted by molar-refractivity contribution is 9.09. The van der Waals surface area contributed by atoms with Gasteiger partial charge in [-0.3, -0.25) is 0 Å². The minimum Gasteiger partial charge on any atom is -0.449 e. The number of hydrogen-bond donors (Lipinski definition) is 0. The molecule has 0 aliphatic rings. The third kappa shape index (κ3) is 4.27. The predicted octanol–water partition coefficient (Wildman–Crippen LogP) is 1.08. The number of rotatable bonds is 2. The van der Waals surface area contributed by atoms with Gasteiger partial charge in [0.05, 0.1) is 0 Å². The lowest BCUT2D eigenvalue weighted by Crippen LogP contribution is -2.23. The van der Waals surface area contributed by atoms with E-state index in [-0.39, 0.29) is 6.09 Å². The summed E-state index contributed by atoms with van der Waals surface area (Å²) in [7, 11) is 3.30. The van der Waals surface area contributed by atoms with Crippen LogP contribution in [0.5, 0.6) is 0 Å². The van der Waals surface area contributed by atoms with E-state index in [1.54, 1.807) is 14.1 Å². The van der Waals surface area contributed by atoms with Gasteiger partial charge in [-0.2, -0.15) is 0 Å². The van der Waals surface area contributed by atoms with Gasteiger partial charge in [-0.15, -0.1) is 0 Å². The van der Waals surface area contributed by atoms with Crippen LogP contribution in [0.25, 0.3) is 0 Å². The fourth-order valence-corrected chi connectivity index (χ4v) is 0.417. The second-order valence-corrected chi connectivity index (χ2v) is 2.49. The number of ether oxygens (including phenoxy) is 1. The molecular formula is C5H10BrNO2. The van der Waals surface area contributed by atoms with Gasteiger partial charge < -0.3 is 9.64 Å². The first-order chi connectivity index (χ1) is 4.18. The molecule has 0 saturated carbocycles. The van der Waals surface area contributed by atoms with Crippen molar-refractivity contribution < 1.29 is 9.53 Å². The van der Waals surface area contributed by atoms with Gasteiger partial charge in [-0.25, -0.2) is 4.79 Å². The van der Waals surface area contributed by atoms with E-state index in [9.17, 15) is 4.79 Å². The number of carbonyl (C=O) groups excluding carboxylic acids is 1. The standard InChI is InChI=1S/C5H10BrNO2/c1-7(2)5(8)9-4-3-6/h3-4H2,1-2H3. The topological polar surface area (TPSA) is 29.5 Å². The smallest absolute Gasteiger partial charge is 0.409 e. The molecule has 0 aliphatic heterocycles. The molecule has 3 nitrogen and oxygen atoms in total. The molecule has 0 saturated heterocycles. The van der Waals surface area contributed by atoms with Crippen molar-refractivity contribution in [1.82, 2.24) is 4.90 Å². The van der Waals surface area contributed by atoms with Gasteiger partial charge in [0.2, 0.25) is 0 Å². The molecule has 0 spiro atoms. The van der Waals surface area contributed by atoms with Crippen LogP contribution in [0.1, 0.15) is 0 Å². The van der Waals surface area contributed by atoms with E-state index in [2.05, 4.69) is 15.9 Å². The molecule has 54 valence electrons. The Hall–Kier alpha value is -0.250. The molecule has 0 N–H and O–H groups in total. The van der Waals surface area contributed by atoms with E-state index >= 15 is 0 Å². The van der Waals surface area contributed by atoms with E-state index < -0.39 is 0 Å². The molecule has 0 bridgehead atoms. The van der Waals surface area contributed by atoms with Gasteiger partial charge in [-0.1, -0.05) is 15.9 Å². The van der Waals surface area contributed by atoms with Crippen LogP contribution in [0.2, 0.25) is 0 Å². The maximum atomic E-state index is 10.6. The largest absolute Gasteiger partial charge is 0.449 e. The average Bonchev–Trinajstić information content (AvgIpc) is 1.82. The summed E-state index contributed by atoms with van der Waals surface area (Å²) in [5.41, 5.74) is 0. The highest BCUT2D eigenvalue weighted by Crippen LogP contribution is 1.87. The van der Waals surface area contributed by atoms with Crippen LogP contribution < -0.4 is 0 Å². The summed E-state index contributed by atoms with van der Waals surface area (Å²) in [5, 5.41) is 0.687. The van der Waals surface area contributed by atoms with E-state index in [1.165, 1.54) is 4.90 Å². The lowest BCUT2D eigenvalue weighted by molar-refractivity contribution is 0.125. The number of alkyl halides is 1. The van der Waals surface area contributed by atoms with Gasteiger partial charge in [0, 0.05) is 19.4 Å². The quantitative estimate of drug-likeness (QED) is 0.618. The molecule has 0 aromatic rings. The Morgan fingerprint density at radius 1 is 1.67 bits per heavy atom. The minimum atomic E-state index is -0.297. The Labute approximate surface area is 63.1 Å². The van der Waals surface area contributed by atoms with Crippen LogP contribution in [0.4, 0.5) is 4.79 Å². The zero-order chi connectivity index (χ0) is 7.28. The molecule has 0 fully saturated rings. The van der Waals surface area contributed by atoms with E-state index in [1.807, 2.05) is 0 Å². The number of nitrogens with zero attached hydrogens (tertiary/aromatic N) is 1. The fourth-order valence-electron chi connectivity index (χ4n) is 0.255. The molecule has 0 heterocycles. The van der Waals surface area contributed by atoms with Crippen LogP contribution in [-0.2, 0) is 4.74 Å². The predicted molar refractivity (Wildman–Crippen MR) is 38.8 cm³/mol. The third-order valence-electron chi connectivity index (χ3n) is 0.668. The first-order valence-corrected chi connectivity index (χ1v) is 3.70. The first-order valence-electron chi connectivity index (χ1n) is 2.58. The zero-order valence-electron chi connectivity index (χ0n) is 5.56. The number of amides is 1. The molecule has 9 heavy (non-hydrogen) atoms. The molecule has 0 unspecified atom stereocenters. The normalized spacial score (nSPS) is 8.78. The summed E-state index contributed by atoms with van der Waals surface area (Å²) in [6, 6.07) is 0. The Balaban J connectivity index is 3.28. The van der Waals surface area contributed by atoms with Crippen molar-refractivity contribution in [1.29, 1.82) is 0 Å². The number of halogens is 1.